The minimum atomic E-state index is -1.18. The average Bonchev–Trinajstić information content (AvgIpc) is 3.05. The molecule has 1 aromatic heterocycles. The van der Waals surface area contributed by atoms with E-state index in [0.717, 1.165) is 23.5 Å². The molecule has 5 N–H and O–H groups in total. The van der Waals surface area contributed by atoms with Crippen molar-refractivity contribution in [2.75, 3.05) is 18.1 Å². The standard InChI is InChI=1S/C16H14ClN5O7S2/c17-11-8(20-16(18)31-11)9(21-29-3-1-2-7(23)24)12(25)19-10-13(26)22-4-6(15(27)28)5-30-14(10)22/h1-2,4,10,14H,3,5H2,(H2,18,20)(H,19,25)(H,23,24)(H,27,28)/t10?,14-/m1/s1. The first-order valence-electron chi connectivity index (χ1n) is 8.39. The number of aromatic nitrogens is 1. The molecule has 0 bridgehead atoms. The van der Waals surface area contributed by atoms with Crippen LogP contribution in [0.15, 0.2) is 29.1 Å². The second-order valence-corrected chi connectivity index (χ2v) is 8.75. The highest BCUT2D eigenvalue weighted by atomic mass is 35.5. The van der Waals surface area contributed by atoms with Crippen LogP contribution in [0.1, 0.15) is 5.69 Å². The number of carboxylic acids is 2. The van der Waals surface area contributed by atoms with Gasteiger partial charge < -0.3 is 31.0 Å². The number of aliphatic carboxylic acids is 2. The molecule has 3 heterocycles. The van der Waals surface area contributed by atoms with E-state index in [9.17, 15) is 19.2 Å². The molecular weight excluding hydrogens is 474 g/mol. The summed E-state index contributed by atoms with van der Waals surface area (Å²) in [5, 5.41) is 23.4. The number of carboxylic acid groups (broad SMARTS) is 2. The van der Waals surface area contributed by atoms with E-state index in [1.54, 1.807) is 0 Å². The minimum absolute atomic E-state index is 0.0585. The van der Waals surface area contributed by atoms with Crippen LogP contribution in [-0.2, 0) is 24.0 Å². The number of rotatable bonds is 8. The van der Waals surface area contributed by atoms with E-state index < -0.39 is 35.2 Å². The number of nitrogens with zero attached hydrogens (tertiary/aromatic N) is 3. The molecule has 1 saturated heterocycles. The van der Waals surface area contributed by atoms with Crippen molar-refractivity contribution in [2.24, 2.45) is 5.16 Å². The van der Waals surface area contributed by atoms with Crippen molar-refractivity contribution < 1.29 is 34.2 Å². The Morgan fingerprint density at radius 1 is 1.45 bits per heavy atom. The zero-order valence-electron chi connectivity index (χ0n) is 15.4. The van der Waals surface area contributed by atoms with E-state index in [4.69, 9.17) is 32.4 Å². The number of hydrogen-bond donors (Lipinski definition) is 4. The number of carbonyl (C=O) groups is 4. The van der Waals surface area contributed by atoms with Gasteiger partial charge in [0.1, 0.15) is 28.1 Å². The number of carbonyl (C=O) groups excluding carboxylic acids is 2. The number of β-lactam (4-membered cyclic amide) rings is 1. The van der Waals surface area contributed by atoms with Crippen molar-refractivity contribution in [1.29, 1.82) is 0 Å². The van der Waals surface area contributed by atoms with Gasteiger partial charge in [-0.25, -0.2) is 14.6 Å². The van der Waals surface area contributed by atoms with Crippen LogP contribution >= 0.6 is 34.7 Å². The summed E-state index contributed by atoms with van der Waals surface area (Å²) in [5.41, 5.74) is 5.28. The number of nitrogen functional groups attached to an aromatic ring is 1. The maximum atomic E-state index is 12.8. The van der Waals surface area contributed by atoms with Crippen molar-refractivity contribution >= 4 is 69.3 Å². The van der Waals surface area contributed by atoms with E-state index in [1.165, 1.54) is 22.9 Å². The fourth-order valence-electron chi connectivity index (χ4n) is 2.59. The van der Waals surface area contributed by atoms with Crippen LogP contribution in [0.25, 0.3) is 0 Å². The van der Waals surface area contributed by atoms with Crippen molar-refractivity contribution in [1.82, 2.24) is 15.2 Å². The van der Waals surface area contributed by atoms with Gasteiger partial charge in [0.25, 0.3) is 11.8 Å². The highest BCUT2D eigenvalue weighted by molar-refractivity contribution is 8.00. The van der Waals surface area contributed by atoms with E-state index in [0.29, 0.717) is 0 Å². The Kier molecular flexibility index (Phi) is 6.82. The minimum Gasteiger partial charge on any atom is -0.478 e. The smallest absolute Gasteiger partial charge is 0.333 e. The molecule has 0 aliphatic carbocycles. The van der Waals surface area contributed by atoms with Crippen molar-refractivity contribution in [2.45, 2.75) is 11.4 Å². The summed E-state index contributed by atoms with van der Waals surface area (Å²) >= 11 is 8.16. The molecule has 1 fully saturated rings. The Labute approximate surface area is 187 Å². The van der Waals surface area contributed by atoms with Crippen LogP contribution in [0.2, 0.25) is 4.34 Å². The van der Waals surface area contributed by atoms with Gasteiger partial charge >= 0.3 is 11.9 Å². The number of nitrogens with two attached hydrogens (primary N) is 1. The first-order valence-corrected chi connectivity index (χ1v) is 10.6. The predicted octanol–water partition coefficient (Wildman–Crippen LogP) is 0.109. The van der Waals surface area contributed by atoms with Crippen molar-refractivity contribution in [3.8, 4) is 0 Å². The first kappa shape index (κ1) is 22.6. The van der Waals surface area contributed by atoms with Gasteiger partial charge in [-0.3, -0.25) is 9.59 Å². The Morgan fingerprint density at radius 3 is 2.81 bits per heavy atom. The quantitative estimate of drug-likeness (QED) is 0.129. The van der Waals surface area contributed by atoms with Crippen LogP contribution in [0.5, 0.6) is 0 Å². The molecule has 1 unspecified atom stereocenters. The molecule has 164 valence electrons. The van der Waals surface area contributed by atoms with E-state index in [1.807, 2.05) is 0 Å². The zero-order chi connectivity index (χ0) is 22.7. The van der Waals surface area contributed by atoms with E-state index >= 15 is 0 Å². The zero-order valence-corrected chi connectivity index (χ0v) is 17.7. The molecule has 2 atom stereocenters. The lowest BCUT2D eigenvalue weighted by Gasteiger charge is -2.46. The third-order valence-electron chi connectivity index (χ3n) is 3.97. The number of thiazole rings is 1. The topological polar surface area (TPSA) is 185 Å². The number of oxime groups is 1. The molecule has 31 heavy (non-hydrogen) atoms. The second-order valence-electron chi connectivity index (χ2n) is 6.01. The molecule has 0 saturated carbocycles. The molecule has 0 aromatic carbocycles. The number of fused-ring (bicyclic) bond motifs is 1. The van der Waals surface area contributed by atoms with E-state index in [-0.39, 0.29) is 38.8 Å². The van der Waals surface area contributed by atoms with Gasteiger partial charge in [-0.1, -0.05) is 28.1 Å². The summed E-state index contributed by atoms with van der Waals surface area (Å²) in [6.07, 6.45) is 3.25. The van der Waals surface area contributed by atoms with Gasteiger partial charge in [0.05, 0.1) is 5.57 Å². The number of thioether (sulfide) groups is 1. The van der Waals surface area contributed by atoms with Crippen LogP contribution < -0.4 is 11.1 Å². The lowest BCUT2D eigenvalue weighted by Crippen LogP contribution is -2.69. The Morgan fingerprint density at radius 2 is 2.19 bits per heavy atom. The highest BCUT2D eigenvalue weighted by Gasteiger charge is 2.50. The lowest BCUT2D eigenvalue weighted by molar-refractivity contribution is -0.144. The monoisotopic (exact) mass is 487 g/mol. The number of nitrogens with one attached hydrogen (secondary N) is 1. The maximum Gasteiger partial charge on any atom is 0.333 e. The lowest BCUT2D eigenvalue weighted by atomic mass is 10.1. The molecule has 3 rings (SSSR count). The molecule has 0 radical (unpaired) electrons. The Hall–Kier alpha value is -3.10. The average molecular weight is 488 g/mol. The van der Waals surface area contributed by atoms with Crippen LogP contribution in [0.4, 0.5) is 5.13 Å². The molecular formula is C16H14ClN5O7S2. The third kappa shape index (κ3) is 4.98. The summed E-state index contributed by atoms with van der Waals surface area (Å²) in [6, 6.07) is -0.920. The van der Waals surface area contributed by atoms with Gasteiger partial charge in [0.15, 0.2) is 10.8 Å². The summed E-state index contributed by atoms with van der Waals surface area (Å²) < 4.78 is 0.0683. The molecule has 15 heteroatoms. The number of halogens is 1. The molecule has 1 aromatic rings. The third-order valence-corrected chi connectivity index (χ3v) is 6.38. The summed E-state index contributed by atoms with van der Waals surface area (Å²) in [7, 11) is 0. The molecule has 2 amide bonds. The predicted molar refractivity (Wildman–Crippen MR) is 112 cm³/mol. The van der Waals surface area contributed by atoms with E-state index in [2.05, 4.69) is 15.5 Å². The number of amides is 2. The van der Waals surface area contributed by atoms with Crippen molar-refractivity contribution in [3.05, 3.63) is 34.0 Å². The Bertz CT molecular complexity index is 1040. The van der Waals surface area contributed by atoms with Crippen LogP contribution in [0, 0.1) is 0 Å². The SMILES string of the molecule is Nc1nc(C(=NOCC=CC(=O)O)C(=O)NC2C(=O)N3C=C(C(=O)O)CS[C@H]23)c(Cl)s1. The fourth-order valence-corrected chi connectivity index (χ4v) is 4.77. The summed E-state index contributed by atoms with van der Waals surface area (Å²) in [6.45, 7) is -0.252. The normalized spacial score (nSPS) is 20.7. The molecule has 0 spiro atoms. The second kappa shape index (κ2) is 9.36. The first-order chi connectivity index (χ1) is 14.7. The van der Waals surface area contributed by atoms with Crippen LogP contribution in [-0.4, -0.2) is 73.3 Å². The largest absolute Gasteiger partial charge is 0.478 e. The van der Waals surface area contributed by atoms with Gasteiger partial charge in [0.2, 0.25) is 0 Å². The summed E-state index contributed by atoms with van der Waals surface area (Å²) in [4.78, 5) is 56.9. The van der Waals surface area contributed by atoms with Gasteiger partial charge in [0, 0.05) is 18.0 Å². The molecule has 12 nitrogen and oxygen atoms in total. The van der Waals surface area contributed by atoms with Gasteiger partial charge in [-0.15, -0.1) is 11.8 Å². The fraction of sp³-hybridized carbons (Fsp3) is 0.250. The number of hydrogen-bond acceptors (Lipinski definition) is 10. The van der Waals surface area contributed by atoms with Gasteiger partial charge in [-0.05, 0) is 6.08 Å². The molecule has 2 aliphatic rings. The maximum absolute atomic E-state index is 12.8. The summed E-state index contributed by atoms with van der Waals surface area (Å²) in [5.74, 6) is -3.44. The van der Waals surface area contributed by atoms with Crippen molar-refractivity contribution in [3.63, 3.8) is 0 Å². The molecule has 2 aliphatic heterocycles. The Balaban J connectivity index is 1.75. The highest BCUT2D eigenvalue weighted by Crippen LogP contribution is 2.36. The van der Waals surface area contributed by atoms with Gasteiger partial charge in [-0.2, -0.15) is 0 Å². The number of anilines is 1. The van der Waals surface area contributed by atoms with Crippen LogP contribution in [0.3, 0.4) is 0 Å².